The Morgan fingerprint density at radius 2 is 2.07 bits per heavy atom. The van der Waals surface area contributed by atoms with E-state index in [1.165, 1.54) is 10.6 Å². The van der Waals surface area contributed by atoms with E-state index in [1.54, 1.807) is 11.3 Å². The molecule has 3 nitrogen and oxygen atoms in total. The van der Waals surface area contributed by atoms with Crippen molar-refractivity contribution in [2.75, 3.05) is 19.0 Å². The Morgan fingerprint density at radius 3 is 2.53 bits per heavy atom. The van der Waals surface area contributed by atoms with E-state index in [0.717, 1.165) is 18.1 Å². The van der Waals surface area contributed by atoms with Gasteiger partial charge in [0.1, 0.15) is 0 Å². The predicted octanol–water partition coefficient (Wildman–Crippen LogP) is 2.27. The third kappa shape index (κ3) is 3.47. The summed E-state index contributed by atoms with van der Waals surface area (Å²) >= 11 is 1.79. The molecule has 1 heterocycles. The molecule has 0 saturated heterocycles. The lowest BCUT2D eigenvalue weighted by molar-refractivity contribution is 0.590. The molecule has 0 atom stereocenters. The zero-order valence-electron chi connectivity index (χ0n) is 10.3. The van der Waals surface area contributed by atoms with Gasteiger partial charge in [-0.3, -0.25) is 0 Å². The molecular formula is C11H21N3S. The number of hydrogen-bond acceptors (Lipinski definition) is 4. The number of hydrogen-bond donors (Lipinski definition) is 1. The molecule has 0 aliphatic carbocycles. The van der Waals surface area contributed by atoms with E-state index in [2.05, 4.69) is 36.0 Å². The van der Waals surface area contributed by atoms with E-state index in [4.69, 9.17) is 0 Å². The van der Waals surface area contributed by atoms with E-state index < -0.39 is 0 Å². The largest absolute Gasteiger partial charge is 0.354 e. The summed E-state index contributed by atoms with van der Waals surface area (Å²) in [5.74, 6) is 0. The maximum atomic E-state index is 4.61. The summed E-state index contributed by atoms with van der Waals surface area (Å²) in [5, 5.41) is 4.54. The lowest BCUT2D eigenvalue weighted by Crippen LogP contribution is -2.21. The van der Waals surface area contributed by atoms with Gasteiger partial charge in [-0.05, 0) is 6.42 Å². The van der Waals surface area contributed by atoms with Gasteiger partial charge in [-0.2, -0.15) is 0 Å². The molecule has 4 heteroatoms. The third-order valence-corrected chi connectivity index (χ3v) is 3.42. The molecule has 0 saturated carbocycles. The van der Waals surface area contributed by atoms with Gasteiger partial charge in [0, 0.05) is 31.6 Å². The van der Waals surface area contributed by atoms with E-state index in [0.29, 0.717) is 6.04 Å². The summed E-state index contributed by atoms with van der Waals surface area (Å²) < 4.78 is 0. The fourth-order valence-electron chi connectivity index (χ4n) is 1.27. The Kier molecular flexibility index (Phi) is 4.54. The van der Waals surface area contributed by atoms with Gasteiger partial charge >= 0.3 is 0 Å². The van der Waals surface area contributed by atoms with E-state index >= 15 is 0 Å². The highest BCUT2D eigenvalue weighted by molar-refractivity contribution is 7.15. The molecule has 15 heavy (non-hydrogen) atoms. The standard InChI is InChI=1S/C11H21N3S/c1-6-9-10(7-12-8(2)3)15-11(13-9)14(4)5/h8,12H,6-7H2,1-5H3. The van der Waals surface area contributed by atoms with Gasteiger partial charge in [0.15, 0.2) is 5.13 Å². The van der Waals surface area contributed by atoms with Crippen LogP contribution < -0.4 is 10.2 Å². The van der Waals surface area contributed by atoms with Crippen LogP contribution in [-0.4, -0.2) is 25.1 Å². The fourth-order valence-corrected chi connectivity index (χ4v) is 2.29. The predicted molar refractivity (Wildman–Crippen MR) is 67.8 cm³/mol. The Hall–Kier alpha value is -0.610. The van der Waals surface area contributed by atoms with Crippen molar-refractivity contribution in [3.8, 4) is 0 Å². The SMILES string of the molecule is CCc1nc(N(C)C)sc1CNC(C)C. The zero-order valence-corrected chi connectivity index (χ0v) is 11.1. The first-order chi connectivity index (χ1) is 7.04. The Labute approximate surface area is 96.5 Å². The Morgan fingerprint density at radius 1 is 1.40 bits per heavy atom. The highest BCUT2D eigenvalue weighted by Gasteiger charge is 2.10. The van der Waals surface area contributed by atoms with Crippen LogP contribution in [0.3, 0.4) is 0 Å². The molecule has 0 aliphatic heterocycles. The quantitative estimate of drug-likeness (QED) is 0.836. The minimum atomic E-state index is 0.527. The van der Waals surface area contributed by atoms with Gasteiger partial charge in [0.05, 0.1) is 5.69 Å². The highest BCUT2D eigenvalue weighted by Crippen LogP contribution is 2.25. The summed E-state index contributed by atoms with van der Waals surface area (Å²) in [6.07, 6.45) is 1.01. The molecule has 86 valence electrons. The summed E-state index contributed by atoms with van der Waals surface area (Å²) in [6, 6.07) is 0.527. The molecule has 0 bridgehead atoms. The van der Waals surface area contributed by atoms with Gasteiger partial charge in [0.25, 0.3) is 0 Å². The van der Waals surface area contributed by atoms with Crippen molar-refractivity contribution < 1.29 is 0 Å². The van der Waals surface area contributed by atoms with Crippen molar-refractivity contribution in [3.63, 3.8) is 0 Å². The van der Waals surface area contributed by atoms with Crippen LogP contribution in [0.5, 0.6) is 0 Å². The zero-order chi connectivity index (χ0) is 11.4. The van der Waals surface area contributed by atoms with Crippen molar-refractivity contribution in [3.05, 3.63) is 10.6 Å². The first-order valence-electron chi connectivity index (χ1n) is 5.43. The fraction of sp³-hybridized carbons (Fsp3) is 0.727. The Bertz CT molecular complexity index is 305. The van der Waals surface area contributed by atoms with Crippen molar-refractivity contribution in [1.82, 2.24) is 10.3 Å². The van der Waals surface area contributed by atoms with Crippen LogP contribution in [0.4, 0.5) is 5.13 Å². The molecular weight excluding hydrogens is 206 g/mol. The average Bonchev–Trinajstić information content (AvgIpc) is 2.57. The maximum Gasteiger partial charge on any atom is 0.185 e. The van der Waals surface area contributed by atoms with Crippen LogP contribution >= 0.6 is 11.3 Å². The smallest absolute Gasteiger partial charge is 0.185 e. The minimum Gasteiger partial charge on any atom is -0.354 e. The van der Waals surface area contributed by atoms with Gasteiger partial charge < -0.3 is 10.2 Å². The van der Waals surface area contributed by atoms with E-state index in [1.807, 2.05) is 14.1 Å². The highest BCUT2D eigenvalue weighted by atomic mass is 32.1. The molecule has 0 unspecified atom stereocenters. The van der Waals surface area contributed by atoms with Crippen LogP contribution in [0.2, 0.25) is 0 Å². The number of aryl methyl sites for hydroxylation is 1. The molecule has 0 fully saturated rings. The minimum absolute atomic E-state index is 0.527. The summed E-state index contributed by atoms with van der Waals surface area (Å²) in [4.78, 5) is 8.05. The number of anilines is 1. The average molecular weight is 227 g/mol. The van der Waals surface area contributed by atoms with Crippen LogP contribution in [-0.2, 0) is 13.0 Å². The van der Waals surface area contributed by atoms with Gasteiger partial charge in [-0.1, -0.05) is 20.8 Å². The molecule has 0 spiro atoms. The molecule has 1 aromatic heterocycles. The maximum absolute atomic E-state index is 4.61. The van der Waals surface area contributed by atoms with Crippen molar-refractivity contribution in [2.24, 2.45) is 0 Å². The molecule has 1 N–H and O–H groups in total. The lowest BCUT2D eigenvalue weighted by Gasteiger charge is -2.07. The van der Waals surface area contributed by atoms with Crippen LogP contribution in [0, 0.1) is 0 Å². The van der Waals surface area contributed by atoms with Crippen LogP contribution in [0.15, 0.2) is 0 Å². The summed E-state index contributed by atoms with van der Waals surface area (Å²) in [5.41, 5.74) is 1.23. The van der Waals surface area contributed by atoms with E-state index in [-0.39, 0.29) is 0 Å². The molecule has 1 aromatic rings. The first kappa shape index (κ1) is 12.5. The second kappa shape index (κ2) is 5.47. The summed E-state index contributed by atoms with van der Waals surface area (Å²) in [7, 11) is 4.08. The Balaban J connectivity index is 2.76. The molecule has 0 amide bonds. The molecule has 0 aromatic carbocycles. The molecule has 0 radical (unpaired) electrons. The third-order valence-electron chi connectivity index (χ3n) is 2.16. The number of aromatic nitrogens is 1. The second-order valence-electron chi connectivity index (χ2n) is 4.15. The van der Waals surface area contributed by atoms with Crippen LogP contribution in [0.25, 0.3) is 0 Å². The number of nitrogens with zero attached hydrogens (tertiary/aromatic N) is 2. The molecule has 0 aliphatic rings. The number of thiazole rings is 1. The number of rotatable bonds is 5. The van der Waals surface area contributed by atoms with E-state index in [9.17, 15) is 0 Å². The van der Waals surface area contributed by atoms with Gasteiger partial charge in [0.2, 0.25) is 0 Å². The number of nitrogens with one attached hydrogen (secondary N) is 1. The van der Waals surface area contributed by atoms with Gasteiger partial charge in [-0.25, -0.2) is 4.98 Å². The van der Waals surface area contributed by atoms with Crippen molar-refractivity contribution >= 4 is 16.5 Å². The normalized spacial score (nSPS) is 11.1. The second-order valence-corrected chi connectivity index (χ2v) is 5.21. The summed E-state index contributed by atoms with van der Waals surface area (Å²) in [6.45, 7) is 7.43. The van der Waals surface area contributed by atoms with Crippen molar-refractivity contribution in [2.45, 2.75) is 39.8 Å². The van der Waals surface area contributed by atoms with Crippen LogP contribution in [0.1, 0.15) is 31.3 Å². The monoisotopic (exact) mass is 227 g/mol. The topological polar surface area (TPSA) is 28.2 Å². The molecule has 1 rings (SSSR count). The first-order valence-corrected chi connectivity index (χ1v) is 6.25. The lowest BCUT2D eigenvalue weighted by atomic mass is 10.3. The van der Waals surface area contributed by atoms with Gasteiger partial charge in [-0.15, -0.1) is 11.3 Å². The van der Waals surface area contributed by atoms with Crippen molar-refractivity contribution in [1.29, 1.82) is 0 Å².